The number of amides is 1. The summed E-state index contributed by atoms with van der Waals surface area (Å²) in [4.78, 5) is 12.1. The van der Waals surface area contributed by atoms with E-state index in [-0.39, 0.29) is 5.75 Å². The fraction of sp³-hybridized carbons (Fsp3) is 0.263. The Labute approximate surface area is 157 Å². The highest BCUT2D eigenvalue weighted by atomic mass is 35.5. The summed E-state index contributed by atoms with van der Waals surface area (Å²) in [5.74, 6) is 0.571. The molecule has 0 spiro atoms. The zero-order valence-corrected chi connectivity index (χ0v) is 15.6. The van der Waals surface area contributed by atoms with E-state index in [0.717, 1.165) is 5.56 Å². The van der Waals surface area contributed by atoms with Crippen molar-refractivity contribution in [2.24, 2.45) is 5.10 Å². The maximum Gasteiger partial charge on any atom is 0.280 e. The molecule has 0 bridgehead atoms. The van der Waals surface area contributed by atoms with Crippen molar-refractivity contribution in [2.75, 3.05) is 6.61 Å². The van der Waals surface area contributed by atoms with Crippen molar-refractivity contribution >= 4 is 23.7 Å². The van der Waals surface area contributed by atoms with Gasteiger partial charge in [-0.25, -0.2) is 5.43 Å². The lowest BCUT2D eigenvalue weighted by Gasteiger charge is -2.13. The number of carbonyl (C=O) groups is 1. The third-order valence-electron chi connectivity index (χ3n) is 3.48. The number of hydrogen-bond donors (Lipinski definition) is 2. The summed E-state index contributed by atoms with van der Waals surface area (Å²) < 4.78 is 10.9. The molecule has 0 aliphatic rings. The van der Waals surface area contributed by atoms with Crippen LogP contribution in [0.1, 0.15) is 25.0 Å². The van der Waals surface area contributed by atoms with E-state index in [2.05, 4.69) is 10.5 Å². The van der Waals surface area contributed by atoms with Crippen LogP contribution in [0.25, 0.3) is 0 Å². The Kier molecular flexibility index (Phi) is 6.86. The summed E-state index contributed by atoms with van der Waals surface area (Å²) in [7, 11) is 0. The van der Waals surface area contributed by atoms with Crippen molar-refractivity contribution in [3.05, 3.63) is 52.5 Å². The van der Waals surface area contributed by atoms with Crippen molar-refractivity contribution in [2.45, 2.75) is 26.9 Å². The zero-order chi connectivity index (χ0) is 19.1. The maximum atomic E-state index is 12.1. The molecule has 0 heterocycles. The molecule has 6 nitrogen and oxygen atoms in total. The number of phenolic OH excluding ortho intramolecular Hbond substituents is 1. The monoisotopic (exact) mass is 376 g/mol. The first-order chi connectivity index (χ1) is 12.4. The van der Waals surface area contributed by atoms with Crippen LogP contribution in [0.3, 0.4) is 0 Å². The van der Waals surface area contributed by atoms with Crippen LogP contribution in [0.4, 0.5) is 0 Å². The normalized spacial score (nSPS) is 12.0. The van der Waals surface area contributed by atoms with Gasteiger partial charge in [0, 0.05) is 5.02 Å². The molecule has 0 fully saturated rings. The van der Waals surface area contributed by atoms with Gasteiger partial charge in [0.25, 0.3) is 5.91 Å². The van der Waals surface area contributed by atoms with Crippen LogP contribution in [0.5, 0.6) is 17.2 Å². The number of nitrogens with zero attached hydrogens (tertiary/aromatic N) is 1. The Morgan fingerprint density at radius 1 is 1.35 bits per heavy atom. The lowest BCUT2D eigenvalue weighted by Crippen LogP contribution is -2.33. The van der Waals surface area contributed by atoms with E-state index in [0.29, 0.717) is 28.7 Å². The number of nitrogens with one attached hydrogen (secondary N) is 1. The van der Waals surface area contributed by atoms with Crippen molar-refractivity contribution in [1.29, 1.82) is 0 Å². The van der Waals surface area contributed by atoms with Gasteiger partial charge in [0.1, 0.15) is 5.75 Å². The Hall–Kier alpha value is -2.73. The molecule has 2 N–H and O–H groups in total. The number of rotatable bonds is 7. The summed E-state index contributed by atoms with van der Waals surface area (Å²) in [6.45, 7) is 5.74. The van der Waals surface area contributed by atoms with Gasteiger partial charge >= 0.3 is 0 Å². The van der Waals surface area contributed by atoms with E-state index in [9.17, 15) is 9.90 Å². The molecule has 1 amide bonds. The van der Waals surface area contributed by atoms with Crippen molar-refractivity contribution in [1.82, 2.24) is 5.43 Å². The molecule has 0 aliphatic heterocycles. The third kappa shape index (κ3) is 5.39. The van der Waals surface area contributed by atoms with E-state index in [1.807, 2.05) is 13.8 Å². The fourth-order valence-electron chi connectivity index (χ4n) is 2.09. The molecular formula is C19H21ClN2O4. The summed E-state index contributed by atoms with van der Waals surface area (Å²) in [5.41, 5.74) is 3.96. The van der Waals surface area contributed by atoms with Crippen LogP contribution in [-0.2, 0) is 4.79 Å². The largest absolute Gasteiger partial charge is 0.504 e. The molecule has 0 saturated heterocycles. The highest BCUT2D eigenvalue weighted by Gasteiger charge is 2.14. The van der Waals surface area contributed by atoms with E-state index in [4.69, 9.17) is 21.1 Å². The Morgan fingerprint density at radius 3 is 2.81 bits per heavy atom. The number of hydrogen-bond acceptors (Lipinski definition) is 5. The summed E-state index contributed by atoms with van der Waals surface area (Å²) in [6, 6.07) is 9.97. The van der Waals surface area contributed by atoms with Crippen LogP contribution in [-0.4, -0.2) is 29.9 Å². The number of hydrazone groups is 1. The predicted molar refractivity (Wildman–Crippen MR) is 101 cm³/mol. The van der Waals surface area contributed by atoms with Crippen LogP contribution in [0.2, 0.25) is 5.02 Å². The van der Waals surface area contributed by atoms with Gasteiger partial charge < -0.3 is 14.6 Å². The first kappa shape index (κ1) is 19.6. The first-order valence-corrected chi connectivity index (χ1v) is 8.50. The lowest BCUT2D eigenvalue weighted by molar-refractivity contribution is -0.127. The van der Waals surface area contributed by atoms with Gasteiger partial charge in [0.2, 0.25) is 0 Å². The second kappa shape index (κ2) is 9.10. The summed E-state index contributed by atoms with van der Waals surface area (Å²) in [5, 5.41) is 14.2. The molecule has 2 aromatic carbocycles. The molecule has 1 unspecified atom stereocenters. The minimum absolute atomic E-state index is 0.0494. The number of halogens is 1. The van der Waals surface area contributed by atoms with Crippen LogP contribution in [0, 0.1) is 6.92 Å². The van der Waals surface area contributed by atoms with Gasteiger partial charge in [-0.15, -0.1) is 0 Å². The second-order valence-corrected chi connectivity index (χ2v) is 5.97. The van der Waals surface area contributed by atoms with Gasteiger partial charge in [-0.05, 0) is 68.3 Å². The second-order valence-electron chi connectivity index (χ2n) is 5.57. The summed E-state index contributed by atoms with van der Waals surface area (Å²) >= 11 is 5.97. The number of carbonyl (C=O) groups excluding carboxylic acids is 1. The van der Waals surface area contributed by atoms with Crippen LogP contribution >= 0.6 is 11.6 Å². The standard InChI is InChI=1S/C19H21ClN2O4/c1-4-25-18-10-14(5-8-17(18)23)11-21-22-19(24)13(3)26-15-6-7-16(20)12(2)9-15/h5-11,13,23H,4H2,1-3H3,(H,22,24)/b21-11-. The molecule has 2 aromatic rings. The average molecular weight is 377 g/mol. The van der Waals surface area contributed by atoms with Crippen molar-refractivity contribution in [3.63, 3.8) is 0 Å². The van der Waals surface area contributed by atoms with Crippen LogP contribution in [0.15, 0.2) is 41.5 Å². The quantitative estimate of drug-likeness (QED) is 0.570. The fourth-order valence-corrected chi connectivity index (χ4v) is 2.21. The van der Waals surface area contributed by atoms with Gasteiger partial charge in [-0.1, -0.05) is 11.6 Å². The molecule has 2 rings (SSSR count). The Balaban J connectivity index is 1.93. The SMILES string of the molecule is CCOc1cc(/C=N\NC(=O)C(C)Oc2ccc(Cl)c(C)c2)ccc1O. The Bertz CT molecular complexity index is 808. The topological polar surface area (TPSA) is 80.2 Å². The molecule has 26 heavy (non-hydrogen) atoms. The molecule has 0 radical (unpaired) electrons. The number of aromatic hydroxyl groups is 1. The highest BCUT2D eigenvalue weighted by Crippen LogP contribution is 2.26. The van der Waals surface area contributed by atoms with Crippen LogP contribution < -0.4 is 14.9 Å². The van der Waals surface area contributed by atoms with E-state index in [1.54, 1.807) is 37.3 Å². The molecule has 0 aromatic heterocycles. The molecule has 0 saturated carbocycles. The average Bonchev–Trinajstić information content (AvgIpc) is 2.61. The van der Waals surface area contributed by atoms with E-state index >= 15 is 0 Å². The number of aryl methyl sites for hydroxylation is 1. The smallest absolute Gasteiger partial charge is 0.280 e. The van der Waals surface area contributed by atoms with Crippen molar-refractivity contribution in [3.8, 4) is 17.2 Å². The number of phenols is 1. The number of ether oxygens (including phenoxy) is 2. The van der Waals surface area contributed by atoms with Gasteiger partial charge in [-0.3, -0.25) is 4.79 Å². The van der Waals surface area contributed by atoms with Crippen molar-refractivity contribution < 1.29 is 19.4 Å². The first-order valence-electron chi connectivity index (χ1n) is 8.12. The summed E-state index contributed by atoms with van der Waals surface area (Å²) in [6.07, 6.45) is 0.727. The molecule has 0 aliphatic carbocycles. The Morgan fingerprint density at radius 2 is 2.12 bits per heavy atom. The lowest BCUT2D eigenvalue weighted by atomic mass is 10.2. The third-order valence-corrected chi connectivity index (χ3v) is 3.91. The number of benzene rings is 2. The predicted octanol–water partition coefficient (Wildman–Crippen LogP) is 3.67. The van der Waals surface area contributed by atoms with Gasteiger partial charge in [0.05, 0.1) is 12.8 Å². The molecule has 138 valence electrons. The highest BCUT2D eigenvalue weighted by molar-refractivity contribution is 6.31. The van der Waals surface area contributed by atoms with E-state index in [1.165, 1.54) is 12.3 Å². The van der Waals surface area contributed by atoms with Gasteiger partial charge in [-0.2, -0.15) is 5.10 Å². The minimum Gasteiger partial charge on any atom is -0.504 e. The van der Waals surface area contributed by atoms with E-state index < -0.39 is 12.0 Å². The zero-order valence-electron chi connectivity index (χ0n) is 14.8. The minimum atomic E-state index is -0.730. The molecule has 1 atom stereocenters. The maximum absolute atomic E-state index is 12.1. The molecule has 7 heteroatoms. The van der Waals surface area contributed by atoms with Gasteiger partial charge in [0.15, 0.2) is 17.6 Å². The molecular weight excluding hydrogens is 356 g/mol.